The van der Waals surface area contributed by atoms with Crippen molar-refractivity contribution in [3.63, 3.8) is 0 Å². The number of alkyl halides is 3. The van der Waals surface area contributed by atoms with Gasteiger partial charge in [0.15, 0.2) is 5.78 Å². The first-order valence-electron chi connectivity index (χ1n) is 5.78. The average Bonchev–Trinajstić information content (AvgIpc) is 2.21. The molecule has 0 N–H and O–H groups in total. The van der Waals surface area contributed by atoms with Crippen LogP contribution in [0.25, 0.3) is 0 Å². The highest BCUT2D eigenvalue weighted by atomic mass is 19.4. The Hall–Kier alpha value is -1.39. The smallest absolute Gasteiger partial charge is 0.294 e. The third kappa shape index (κ3) is 2.71. The lowest BCUT2D eigenvalue weighted by Gasteiger charge is -2.24. The van der Waals surface area contributed by atoms with E-state index < -0.39 is 28.9 Å². The summed E-state index contributed by atoms with van der Waals surface area (Å²) in [6.45, 7) is 0. The van der Waals surface area contributed by atoms with Crippen molar-refractivity contribution >= 4 is 5.78 Å². The summed E-state index contributed by atoms with van der Waals surface area (Å²) in [5.74, 6) is -1.28. The lowest BCUT2D eigenvalue weighted by molar-refractivity contribution is -0.138. The van der Waals surface area contributed by atoms with Crippen molar-refractivity contribution in [3.8, 4) is 0 Å². The first-order chi connectivity index (χ1) is 8.38. The highest BCUT2D eigenvalue weighted by Gasteiger charge is 2.36. The van der Waals surface area contributed by atoms with E-state index in [0.717, 1.165) is 25.3 Å². The minimum Gasteiger partial charge on any atom is -0.294 e. The first-order valence-corrected chi connectivity index (χ1v) is 5.78. The van der Waals surface area contributed by atoms with E-state index in [9.17, 15) is 22.4 Å². The summed E-state index contributed by atoms with van der Waals surface area (Å²) < 4.78 is 51.1. The van der Waals surface area contributed by atoms with Crippen LogP contribution >= 0.6 is 0 Å². The van der Waals surface area contributed by atoms with Gasteiger partial charge in [-0.1, -0.05) is 19.3 Å². The molecule has 0 bridgehead atoms. The van der Waals surface area contributed by atoms with Crippen molar-refractivity contribution in [2.45, 2.75) is 31.9 Å². The quantitative estimate of drug-likeness (QED) is 0.587. The number of halogens is 4. The van der Waals surface area contributed by atoms with Gasteiger partial charge in [0, 0.05) is 12.0 Å². The van der Waals surface area contributed by atoms with Crippen LogP contribution in [0.4, 0.5) is 17.6 Å². The van der Waals surface area contributed by atoms with E-state index in [0.29, 0.717) is 12.1 Å². The second-order valence-corrected chi connectivity index (χ2v) is 4.61. The van der Waals surface area contributed by atoms with E-state index in [2.05, 4.69) is 0 Å². The summed E-state index contributed by atoms with van der Waals surface area (Å²) in [6.07, 6.45) is -1.82. The van der Waals surface area contributed by atoms with E-state index in [1.165, 1.54) is 0 Å². The molecule has 0 aliphatic heterocycles. The van der Waals surface area contributed by atoms with Crippen LogP contribution in [0.15, 0.2) is 18.2 Å². The molecule has 2 rings (SSSR count). The van der Waals surface area contributed by atoms with Crippen molar-refractivity contribution in [1.82, 2.24) is 0 Å². The van der Waals surface area contributed by atoms with E-state index >= 15 is 0 Å². The van der Waals surface area contributed by atoms with Crippen molar-refractivity contribution in [2.24, 2.45) is 5.92 Å². The maximum Gasteiger partial charge on any atom is 0.417 e. The zero-order valence-corrected chi connectivity index (χ0v) is 9.56. The Morgan fingerprint density at radius 2 is 1.94 bits per heavy atom. The number of hydrogen-bond donors (Lipinski definition) is 0. The molecule has 1 aromatic carbocycles. The lowest BCUT2D eigenvalue weighted by atomic mass is 9.80. The molecule has 5 heteroatoms. The second kappa shape index (κ2) is 4.71. The Morgan fingerprint density at radius 1 is 1.28 bits per heavy atom. The highest BCUT2D eigenvalue weighted by Crippen LogP contribution is 2.35. The summed E-state index contributed by atoms with van der Waals surface area (Å²) in [4.78, 5) is 11.8. The van der Waals surface area contributed by atoms with Gasteiger partial charge >= 0.3 is 6.18 Å². The van der Waals surface area contributed by atoms with Crippen molar-refractivity contribution in [2.75, 3.05) is 0 Å². The predicted octanol–water partition coefficient (Wildman–Crippen LogP) is 4.22. The number of carbonyl (C=O) groups is 1. The van der Waals surface area contributed by atoms with Gasteiger partial charge in [0.2, 0.25) is 0 Å². The minimum absolute atomic E-state index is 0.0759. The van der Waals surface area contributed by atoms with E-state index in [4.69, 9.17) is 0 Å². The van der Waals surface area contributed by atoms with Gasteiger partial charge in [-0.15, -0.1) is 0 Å². The van der Waals surface area contributed by atoms with E-state index in [-0.39, 0.29) is 12.3 Å². The van der Waals surface area contributed by atoms with Gasteiger partial charge in [0.25, 0.3) is 0 Å². The lowest BCUT2D eigenvalue weighted by Crippen LogP contribution is -2.19. The Labute approximate surface area is 102 Å². The van der Waals surface area contributed by atoms with Crippen LogP contribution < -0.4 is 0 Å². The molecule has 0 heterocycles. The number of Topliss-reactive ketones (excluding diaryl/α,β-unsaturated/α-hetero) is 1. The summed E-state index contributed by atoms with van der Waals surface area (Å²) >= 11 is 0. The molecule has 1 aliphatic rings. The summed E-state index contributed by atoms with van der Waals surface area (Å²) in [6, 6.07) is 2.04. The summed E-state index contributed by atoms with van der Waals surface area (Å²) in [5, 5.41) is 0. The molecular weight excluding hydrogens is 248 g/mol. The largest absolute Gasteiger partial charge is 0.417 e. The van der Waals surface area contributed by atoms with E-state index in [1.54, 1.807) is 0 Å². The van der Waals surface area contributed by atoms with Crippen LogP contribution in [0.2, 0.25) is 0 Å². The molecule has 0 radical (unpaired) electrons. The molecule has 1 fully saturated rings. The topological polar surface area (TPSA) is 17.1 Å². The first kappa shape index (κ1) is 13.1. The van der Waals surface area contributed by atoms with Crippen molar-refractivity contribution < 1.29 is 22.4 Å². The molecule has 0 unspecified atom stereocenters. The number of hydrogen-bond acceptors (Lipinski definition) is 1. The molecular formula is C13H12F4O. The number of benzene rings is 1. The maximum absolute atomic E-state index is 13.0. The van der Waals surface area contributed by atoms with Gasteiger partial charge in [-0.3, -0.25) is 4.79 Å². The van der Waals surface area contributed by atoms with Gasteiger partial charge in [-0.05, 0) is 24.1 Å². The van der Waals surface area contributed by atoms with E-state index in [1.807, 2.05) is 0 Å². The van der Waals surface area contributed by atoms with Gasteiger partial charge in [0.1, 0.15) is 5.82 Å². The Bertz CT molecular complexity index is 461. The van der Waals surface area contributed by atoms with Crippen LogP contribution in [0.5, 0.6) is 0 Å². The summed E-state index contributed by atoms with van der Waals surface area (Å²) in [7, 11) is 0. The third-order valence-electron chi connectivity index (χ3n) is 3.29. The van der Waals surface area contributed by atoms with Crippen LogP contribution in [-0.2, 0) is 6.18 Å². The molecule has 1 nitrogen and oxygen atoms in total. The van der Waals surface area contributed by atoms with Crippen LogP contribution in [0, 0.1) is 11.7 Å². The molecule has 0 amide bonds. The monoisotopic (exact) mass is 260 g/mol. The van der Waals surface area contributed by atoms with Gasteiger partial charge in [-0.25, -0.2) is 4.39 Å². The van der Waals surface area contributed by atoms with Gasteiger partial charge < -0.3 is 0 Å². The van der Waals surface area contributed by atoms with Gasteiger partial charge in [-0.2, -0.15) is 13.2 Å². The Balaban J connectivity index is 2.29. The fraction of sp³-hybridized carbons (Fsp3) is 0.462. The molecule has 1 aliphatic carbocycles. The molecule has 0 aromatic heterocycles. The Morgan fingerprint density at radius 3 is 2.44 bits per heavy atom. The number of carbonyl (C=O) groups excluding carboxylic acids is 1. The van der Waals surface area contributed by atoms with Crippen LogP contribution in [0.1, 0.15) is 41.6 Å². The molecule has 98 valence electrons. The second-order valence-electron chi connectivity index (χ2n) is 4.61. The zero-order chi connectivity index (χ0) is 13.3. The average molecular weight is 260 g/mol. The van der Waals surface area contributed by atoms with Crippen molar-refractivity contribution in [3.05, 3.63) is 35.1 Å². The molecule has 0 spiro atoms. The molecule has 0 saturated heterocycles. The fourth-order valence-corrected chi connectivity index (χ4v) is 2.06. The molecule has 0 atom stereocenters. The zero-order valence-electron chi connectivity index (χ0n) is 9.56. The number of rotatable bonds is 3. The highest BCUT2D eigenvalue weighted by molar-refractivity contribution is 5.97. The molecule has 18 heavy (non-hydrogen) atoms. The third-order valence-corrected chi connectivity index (χ3v) is 3.29. The van der Waals surface area contributed by atoms with Crippen molar-refractivity contribution in [1.29, 1.82) is 0 Å². The maximum atomic E-state index is 13.0. The van der Waals surface area contributed by atoms with Crippen LogP contribution in [0.3, 0.4) is 0 Å². The Kier molecular flexibility index (Phi) is 3.41. The number of ketones is 1. The SMILES string of the molecule is O=C(CC1CCC1)c1cc(F)ccc1C(F)(F)F. The molecule has 1 saturated carbocycles. The minimum atomic E-state index is -4.63. The molecule has 1 aromatic rings. The predicted molar refractivity (Wildman–Crippen MR) is 57.7 cm³/mol. The van der Waals surface area contributed by atoms with Gasteiger partial charge in [0.05, 0.1) is 5.56 Å². The standard InChI is InChI=1S/C13H12F4O/c14-9-4-5-11(13(15,16)17)10(7-9)12(18)6-8-2-1-3-8/h4-5,7-8H,1-3,6H2. The normalized spacial score (nSPS) is 16.4. The summed E-state index contributed by atoms with van der Waals surface area (Å²) in [5.41, 5.74) is -1.59. The fourth-order valence-electron chi connectivity index (χ4n) is 2.06. The van der Waals surface area contributed by atoms with Crippen LogP contribution in [-0.4, -0.2) is 5.78 Å².